The molecule has 0 saturated carbocycles. The first-order valence-corrected chi connectivity index (χ1v) is 19.5. The molecule has 9 aromatic carbocycles. The maximum absolute atomic E-state index is 6.23. The molecule has 0 atom stereocenters. The molecule has 2 nitrogen and oxygen atoms in total. The highest BCUT2D eigenvalue weighted by atomic mass is 32.1. The molecule has 0 radical (unpaired) electrons. The predicted molar refractivity (Wildman–Crippen MR) is 235 cm³/mol. The number of para-hydroxylation sites is 1. The van der Waals surface area contributed by atoms with Crippen LogP contribution in [-0.2, 0) is 0 Å². The van der Waals surface area contributed by atoms with E-state index >= 15 is 0 Å². The van der Waals surface area contributed by atoms with Crippen LogP contribution in [0.3, 0.4) is 0 Å². The van der Waals surface area contributed by atoms with Crippen molar-refractivity contribution < 1.29 is 4.42 Å². The van der Waals surface area contributed by atoms with E-state index in [2.05, 4.69) is 193 Å². The lowest BCUT2D eigenvalue weighted by molar-refractivity contribution is 0.669. The summed E-state index contributed by atoms with van der Waals surface area (Å²) < 4.78 is 8.87. The summed E-state index contributed by atoms with van der Waals surface area (Å²) in [7, 11) is 0. The first kappa shape index (κ1) is 31.6. The van der Waals surface area contributed by atoms with E-state index in [1.165, 1.54) is 58.8 Å². The van der Waals surface area contributed by atoms with Crippen molar-refractivity contribution in [1.82, 2.24) is 0 Å². The van der Waals surface area contributed by atoms with Gasteiger partial charge in [-0.25, -0.2) is 0 Å². The predicted octanol–water partition coefficient (Wildman–Crippen LogP) is 15.6. The molecular formula is C52H33NOS. The fraction of sp³-hybridized carbons (Fsp3) is 0. The van der Waals surface area contributed by atoms with Crippen LogP contribution in [0.25, 0.3) is 86.3 Å². The number of hydrogen-bond donors (Lipinski definition) is 0. The van der Waals surface area contributed by atoms with Crippen molar-refractivity contribution in [3.8, 4) is 33.4 Å². The quantitative estimate of drug-likeness (QED) is 0.170. The molecule has 0 bridgehead atoms. The summed E-state index contributed by atoms with van der Waals surface area (Å²) in [5.41, 5.74) is 12.2. The minimum Gasteiger partial charge on any atom is -0.456 e. The molecule has 0 unspecified atom stereocenters. The van der Waals surface area contributed by atoms with E-state index in [1.807, 2.05) is 23.5 Å². The van der Waals surface area contributed by atoms with Gasteiger partial charge in [-0.05, 0) is 111 Å². The Hall–Kier alpha value is -6.94. The fourth-order valence-electron chi connectivity index (χ4n) is 8.15. The summed E-state index contributed by atoms with van der Waals surface area (Å²) in [6, 6.07) is 72.3. The average molecular weight is 720 g/mol. The molecule has 0 aliphatic rings. The highest BCUT2D eigenvalue weighted by molar-refractivity contribution is 7.25. The number of rotatable bonds is 6. The number of anilines is 3. The Kier molecular flexibility index (Phi) is 7.39. The van der Waals surface area contributed by atoms with Gasteiger partial charge >= 0.3 is 0 Å². The van der Waals surface area contributed by atoms with Gasteiger partial charge in [-0.2, -0.15) is 0 Å². The molecule has 2 heterocycles. The molecule has 0 saturated heterocycles. The zero-order valence-corrected chi connectivity index (χ0v) is 30.6. The second kappa shape index (κ2) is 12.9. The second-order valence-corrected chi connectivity index (χ2v) is 15.2. The van der Waals surface area contributed by atoms with Gasteiger partial charge in [0, 0.05) is 48.0 Å². The molecule has 0 amide bonds. The number of benzene rings is 9. The van der Waals surface area contributed by atoms with E-state index in [9.17, 15) is 0 Å². The SMILES string of the molecule is c1cc(-c2ccc3ccccc3c2)cc(N(c2ccc(-c3ccc4c(c3)sc3ccccc34)cc2)c2ccc(-c3cccc4oc5ccccc5c34)cc2)c1. The topological polar surface area (TPSA) is 16.4 Å². The van der Waals surface area contributed by atoms with Crippen LogP contribution >= 0.6 is 11.3 Å². The third kappa shape index (κ3) is 5.48. The monoisotopic (exact) mass is 719 g/mol. The van der Waals surface area contributed by atoms with E-state index < -0.39 is 0 Å². The smallest absolute Gasteiger partial charge is 0.136 e. The number of fused-ring (bicyclic) bond motifs is 7. The largest absolute Gasteiger partial charge is 0.456 e. The summed E-state index contributed by atoms with van der Waals surface area (Å²) in [6.45, 7) is 0. The summed E-state index contributed by atoms with van der Waals surface area (Å²) in [4.78, 5) is 2.36. The molecular weight excluding hydrogens is 687 g/mol. The van der Waals surface area contributed by atoms with Crippen molar-refractivity contribution in [3.05, 3.63) is 200 Å². The van der Waals surface area contributed by atoms with Crippen molar-refractivity contribution in [2.45, 2.75) is 0 Å². The Morgan fingerprint density at radius 3 is 1.82 bits per heavy atom. The molecule has 2 aromatic heterocycles. The van der Waals surface area contributed by atoms with Crippen LogP contribution in [0.2, 0.25) is 0 Å². The summed E-state index contributed by atoms with van der Waals surface area (Å²) >= 11 is 1.86. The van der Waals surface area contributed by atoms with Gasteiger partial charge in [0.2, 0.25) is 0 Å². The fourth-order valence-corrected chi connectivity index (χ4v) is 9.30. The Morgan fingerprint density at radius 1 is 0.345 bits per heavy atom. The maximum atomic E-state index is 6.23. The van der Waals surface area contributed by atoms with E-state index in [0.717, 1.165) is 44.6 Å². The first-order valence-electron chi connectivity index (χ1n) is 18.7. The van der Waals surface area contributed by atoms with Crippen molar-refractivity contribution in [2.24, 2.45) is 0 Å². The van der Waals surface area contributed by atoms with Crippen LogP contribution in [0.4, 0.5) is 17.1 Å². The highest BCUT2D eigenvalue weighted by Crippen LogP contribution is 2.42. The Balaban J connectivity index is 1.01. The second-order valence-electron chi connectivity index (χ2n) is 14.1. The lowest BCUT2D eigenvalue weighted by Gasteiger charge is -2.26. The molecule has 0 aliphatic carbocycles. The lowest BCUT2D eigenvalue weighted by Crippen LogP contribution is -2.10. The Morgan fingerprint density at radius 2 is 0.964 bits per heavy atom. The molecule has 0 fully saturated rings. The maximum Gasteiger partial charge on any atom is 0.136 e. The molecule has 11 rings (SSSR count). The third-order valence-corrected chi connectivity index (χ3v) is 12.0. The Labute approximate surface area is 322 Å². The molecule has 3 heteroatoms. The van der Waals surface area contributed by atoms with Gasteiger partial charge in [0.15, 0.2) is 0 Å². The van der Waals surface area contributed by atoms with Gasteiger partial charge in [-0.15, -0.1) is 11.3 Å². The van der Waals surface area contributed by atoms with Crippen molar-refractivity contribution in [2.75, 3.05) is 4.90 Å². The summed E-state index contributed by atoms with van der Waals surface area (Å²) in [6.07, 6.45) is 0. The standard InChI is InChI=1S/C52H33NOS/c1-2-10-37-31-39(20-19-34(37)9-1)38-11-7-12-43(32-38)53(41-26-21-35(22-27-41)40-25-30-46-45-13-4-6-18-50(45)55-51(46)33-40)42-28-23-36(24-29-42)44-15-8-17-49-52(44)47-14-3-5-16-48(47)54-49/h1-33H. The average Bonchev–Trinajstić information content (AvgIpc) is 3.82. The van der Waals surface area contributed by atoms with Gasteiger partial charge in [0.05, 0.1) is 0 Å². The van der Waals surface area contributed by atoms with Gasteiger partial charge in [0.25, 0.3) is 0 Å². The van der Waals surface area contributed by atoms with Gasteiger partial charge in [-0.1, -0.05) is 133 Å². The highest BCUT2D eigenvalue weighted by Gasteiger charge is 2.17. The normalized spacial score (nSPS) is 11.6. The van der Waals surface area contributed by atoms with Gasteiger partial charge < -0.3 is 9.32 Å². The van der Waals surface area contributed by atoms with Crippen LogP contribution in [0.15, 0.2) is 205 Å². The van der Waals surface area contributed by atoms with Crippen LogP contribution in [0, 0.1) is 0 Å². The molecule has 0 aliphatic heterocycles. The molecule has 11 aromatic rings. The molecule has 258 valence electrons. The van der Waals surface area contributed by atoms with E-state index in [-0.39, 0.29) is 0 Å². The number of thiophene rings is 1. The number of hydrogen-bond acceptors (Lipinski definition) is 3. The van der Waals surface area contributed by atoms with Crippen molar-refractivity contribution in [3.63, 3.8) is 0 Å². The van der Waals surface area contributed by atoms with Crippen LogP contribution in [0.5, 0.6) is 0 Å². The van der Waals surface area contributed by atoms with E-state index in [4.69, 9.17) is 4.42 Å². The van der Waals surface area contributed by atoms with Gasteiger partial charge in [-0.3, -0.25) is 0 Å². The minimum atomic E-state index is 0.904. The zero-order valence-electron chi connectivity index (χ0n) is 29.8. The zero-order chi connectivity index (χ0) is 36.3. The minimum absolute atomic E-state index is 0.904. The summed E-state index contributed by atoms with van der Waals surface area (Å²) in [5, 5.41) is 7.41. The molecule has 0 spiro atoms. The van der Waals surface area contributed by atoms with Gasteiger partial charge in [0.1, 0.15) is 11.2 Å². The van der Waals surface area contributed by atoms with Crippen LogP contribution < -0.4 is 4.90 Å². The summed E-state index contributed by atoms with van der Waals surface area (Å²) in [5.74, 6) is 0. The van der Waals surface area contributed by atoms with Crippen LogP contribution in [-0.4, -0.2) is 0 Å². The third-order valence-electron chi connectivity index (χ3n) is 10.9. The molecule has 0 N–H and O–H groups in total. The van der Waals surface area contributed by atoms with Crippen molar-refractivity contribution in [1.29, 1.82) is 0 Å². The Bertz CT molecular complexity index is 3210. The van der Waals surface area contributed by atoms with E-state index in [0.29, 0.717) is 0 Å². The number of furan rings is 1. The number of nitrogens with zero attached hydrogens (tertiary/aromatic N) is 1. The van der Waals surface area contributed by atoms with E-state index in [1.54, 1.807) is 0 Å². The van der Waals surface area contributed by atoms with Crippen molar-refractivity contribution >= 4 is 81.3 Å². The first-order chi connectivity index (χ1) is 27.2. The lowest BCUT2D eigenvalue weighted by atomic mass is 9.98. The van der Waals surface area contributed by atoms with Crippen LogP contribution in [0.1, 0.15) is 0 Å². The molecule has 55 heavy (non-hydrogen) atoms.